The normalized spacial score (nSPS) is 29.4. The van der Waals surface area contributed by atoms with Crippen LogP contribution in [0, 0.1) is 18.2 Å². The minimum atomic E-state index is -3.66. The van der Waals surface area contributed by atoms with Crippen LogP contribution in [0.3, 0.4) is 0 Å². The Morgan fingerprint density at radius 2 is 1.98 bits per heavy atom. The number of piperazine rings is 1. The van der Waals surface area contributed by atoms with E-state index in [1.54, 1.807) is 30.6 Å². The SMILES string of the molecule is Cc1c(F)cccc1C1N=C(c2nccs2)NC(CN2CCN3C(=O)N(C45CC(C(=O)NS(C)(=O)=O)(C4)C5)CC3C2)=C1C(=O)O. The molecular formula is C29H32FN7O6S2. The molecule has 45 heavy (non-hydrogen) atoms. The maximum atomic E-state index is 14.6. The van der Waals surface area contributed by atoms with Crippen molar-refractivity contribution in [3.8, 4) is 0 Å². The highest BCUT2D eigenvalue weighted by atomic mass is 32.2. The number of halogens is 1. The fourth-order valence-electron chi connectivity index (χ4n) is 7.64. The first-order chi connectivity index (χ1) is 21.3. The van der Waals surface area contributed by atoms with Gasteiger partial charge in [-0.25, -0.2) is 27.4 Å². The molecule has 5 fully saturated rings. The van der Waals surface area contributed by atoms with E-state index in [2.05, 4.69) is 19.9 Å². The number of carbonyl (C=O) groups is 3. The number of sulfonamides is 1. The summed E-state index contributed by atoms with van der Waals surface area (Å²) < 4.78 is 39.8. The van der Waals surface area contributed by atoms with Gasteiger partial charge in [0.15, 0.2) is 10.8 Å². The Balaban J connectivity index is 1.10. The summed E-state index contributed by atoms with van der Waals surface area (Å²) in [6.07, 6.45) is 3.91. The molecule has 0 spiro atoms. The Kier molecular flexibility index (Phi) is 6.83. The van der Waals surface area contributed by atoms with Crippen LogP contribution in [0.5, 0.6) is 0 Å². The van der Waals surface area contributed by atoms with E-state index in [-0.39, 0.29) is 24.2 Å². The van der Waals surface area contributed by atoms with Crippen molar-refractivity contribution in [3.05, 3.63) is 63.0 Å². The Hall–Kier alpha value is -3.89. The van der Waals surface area contributed by atoms with Crippen LogP contribution in [-0.2, 0) is 19.6 Å². The number of aliphatic imine (C=N–C) groups is 1. The second-order valence-electron chi connectivity index (χ2n) is 12.7. The summed E-state index contributed by atoms with van der Waals surface area (Å²) in [5, 5.41) is 16.0. The zero-order chi connectivity index (χ0) is 31.9. The number of aromatic nitrogens is 1. The highest BCUT2D eigenvalue weighted by Gasteiger charge is 2.75. The van der Waals surface area contributed by atoms with Crippen molar-refractivity contribution in [2.45, 2.75) is 43.8 Å². The molecule has 6 aliphatic rings. The van der Waals surface area contributed by atoms with Crippen molar-refractivity contribution in [2.75, 3.05) is 39.0 Å². The zero-order valence-electron chi connectivity index (χ0n) is 24.6. The number of amidine groups is 1. The number of fused-ring (bicyclic) bond motifs is 1. The highest BCUT2D eigenvalue weighted by molar-refractivity contribution is 7.89. The van der Waals surface area contributed by atoms with Crippen molar-refractivity contribution >= 4 is 45.1 Å². The first-order valence-electron chi connectivity index (χ1n) is 14.6. The quantitative estimate of drug-likeness (QED) is 0.381. The largest absolute Gasteiger partial charge is 0.478 e. The average Bonchev–Trinajstić information content (AvgIpc) is 3.56. The maximum absolute atomic E-state index is 14.6. The molecule has 3 amide bonds. The number of rotatable bonds is 8. The molecule has 13 nitrogen and oxygen atoms in total. The fraction of sp³-hybridized carbons (Fsp3) is 0.483. The van der Waals surface area contributed by atoms with Gasteiger partial charge in [-0.3, -0.25) is 19.4 Å². The molecule has 4 heterocycles. The molecule has 2 saturated heterocycles. The minimum Gasteiger partial charge on any atom is -0.478 e. The maximum Gasteiger partial charge on any atom is 0.335 e. The highest BCUT2D eigenvalue weighted by Crippen LogP contribution is 2.70. The van der Waals surface area contributed by atoms with Crippen LogP contribution < -0.4 is 10.0 Å². The smallest absolute Gasteiger partial charge is 0.335 e. The van der Waals surface area contributed by atoms with Crippen LogP contribution in [-0.4, -0.2) is 108 Å². The van der Waals surface area contributed by atoms with Crippen molar-refractivity contribution in [2.24, 2.45) is 10.4 Å². The monoisotopic (exact) mass is 657 g/mol. The van der Waals surface area contributed by atoms with Crippen LogP contribution in [0.25, 0.3) is 0 Å². The van der Waals surface area contributed by atoms with Gasteiger partial charge in [0.25, 0.3) is 0 Å². The molecule has 3 saturated carbocycles. The second kappa shape index (κ2) is 10.3. The molecule has 1 aromatic heterocycles. The van der Waals surface area contributed by atoms with Crippen LogP contribution in [0.2, 0.25) is 0 Å². The number of amides is 3. The van der Waals surface area contributed by atoms with Crippen LogP contribution >= 0.6 is 11.3 Å². The van der Waals surface area contributed by atoms with Crippen molar-refractivity contribution in [3.63, 3.8) is 0 Å². The van der Waals surface area contributed by atoms with E-state index in [9.17, 15) is 32.3 Å². The molecule has 0 radical (unpaired) electrons. The number of benzene rings is 1. The minimum absolute atomic E-state index is 0.0297. The number of thiazole rings is 1. The zero-order valence-corrected chi connectivity index (χ0v) is 26.3. The summed E-state index contributed by atoms with van der Waals surface area (Å²) >= 11 is 1.36. The van der Waals surface area contributed by atoms with Crippen LogP contribution in [0.15, 0.2) is 46.0 Å². The molecule has 2 unspecified atom stereocenters. The summed E-state index contributed by atoms with van der Waals surface area (Å²) in [5.74, 6) is -1.69. The number of carbonyl (C=O) groups excluding carboxylic acids is 2. The third-order valence-electron chi connectivity index (χ3n) is 9.75. The summed E-state index contributed by atoms with van der Waals surface area (Å²) in [5.41, 5.74) is 0.0768. The summed E-state index contributed by atoms with van der Waals surface area (Å²) in [4.78, 5) is 53.6. The van der Waals surface area contributed by atoms with E-state index in [0.717, 1.165) is 6.26 Å². The van der Waals surface area contributed by atoms with Crippen molar-refractivity contribution in [1.29, 1.82) is 0 Å². The molecule has 3 aliphatic heterocycles. The molecule has 3 aliphatic carbocycles. The molecule has 3 N–H and O–H groups in total. The van der Waals surface area contributed by atoms with Gasteiger partial charge in [0.05, 0.1) is 23.3 Å². The molecule has 2 aromatic rings. The Morgan fingerprint density at radius 1 is 1.22 bits per heavy atom. The van der Waals surface area contributed by atoms with Gasteiger partial charge in [-0.2, -0.15) is 0 Å². The number of carboxylic acids is 1. The van der Waals surface area contributed by atoms with E-state index < -0.39 is 44.7 Å². The standard InChI is InChI=1S/C29H32FN7O6S2/c1-16-18(4-3-5-19(16)30)22-21(25(38)39)20(32-23(33-22)24-31-6-9-44-24)12-35-7-8-36-17(10-35)11-37(27(36)41)29-13-28(14-29,15-29)26(40)34-45(2,42)43/h3-6,9,17,22H,7-8,10-15H2,1-2H3,(H,32,33)(H,34,40)(H,38,39). The number of nitrogens with zero attached hydrogens (tertiary/aromatic N) is 5. The lowest BCUT2D eigenvalue weighted by Gasteiger charge is -2.71. The summed E-state index contributed by atoms with van der Waals surface area (Å²) in [6.45, 7) is 3.78. The van der Waals surface area contributed by atoms with E-state index in [4.69, 9.17) is 4.99 Å². The molecule has 2 atom stereocenters. The molecule has 238 valence electrons. The molecule has 2 bridgehead atoms. The third-order valence-corrected chi connectivity index (χ3v) is 11.1. The Labute approximate surface area is 262 Å². The first kappa shape index (κ1) is 29.8. The number of hydrogen-bond donors (Lipinski definition) is 3. The van der Waals surface area contributed by atoms with Gasteiger partial charge in [-0.05, 0) is 43.4 Å². The predicted octanol–water partition coefficient (Wildman–Crippen LogP) is 1.44. The van der Waals surface area contributed by atoms with E-state index >= 15 is 0 Å². The second-order valence-corrected chi connectivity index (χ2v) is 15.4. The molecule has 16 heteroatoms. The van der Waals surface area contributed by atoms with E-state index in [1.165, 1.54) is 17.4 Å². The van der Waals surface area contributed by atoms with Gasteiger partial charge in [0, 0.05) is 55.5 Å². The van der Waals surface area contributed by atoms with Crippen LogP contribution in [0.4, 0.5) is 9.18 Å². The lowest BCUT2D eigenvalue weighted by molar-refractivity contribution is -0.203. The molecule has 1 aromatic carbocycles. The van der Waals surface area contributed by atoms with Crippen LogP contribution in [0.1, 0.15) is 41.4 Å². The number of carboxylic acid groups (broad SMARTS) is 1. The van der Waals surface area contributed by atoms with E-state index in [0.29, 0.717) is 73.1 Å². The number of aliphatic carboxylic acids is 1. The summed E-state index contributed by atoms with van der Waals surface area (Å²) in [7, 11) is -3.66. The predicted molar refractivity (Wildman–Crippen MR) is 161 cm³/mol. The van der Waals surface area contributed by atoms with Gasteiger partial charge < -0.3 is 20.2 Å². The van der Waals surface area contributed by atoms with Gasteiger partial charge in [-0.15, -0.1) is 11.3 Å². The summed E-state index contributed by atoms with van der Waals surface area (Å²) in [6, 6.07) is 3.40. The van der Waals surface area contributed by atoms with Gasteiger partial charge in [-0.1, -0.05) is 12.1 Å². The number of nitrogens with one attached hydrogen (secondary N) is 2. The van der Waals surface area contributed by atoms with Gasteiger partial charge in [0.1, 0.15) is 11.9 Å². The van der Waals surface area contributed by atoms with E-state index in [1.807, 2.05) is 9.80 Å². The fourth-order valence-corrected chi connectivity index (χ4v) is 8.78. The molecule has 8 rings (SSSR count). The van der Waals surface area contributed by atoms with Crippen molar-refractivity contribution in [1.82, 2.24) is 29.7 Å². The van der Waals surface area contributed by atoms with Gasteiger partial charge >= 0.3 is 12.0 Å². The van der Waals surface area contributed by atoms with Gasteiger partial charge in [0.2, 0.25) is 15.9 Å². The number of hydrogen-bond acceptors (Lipinski definition) is 10. The lowest BCUT2D eigenvalue weighted by Crippen LogP contribution is -2.78. The Morgan fingerprint density at radius 3 is 2.64 bits per heavy atom. The first-order valence-corrected chi connectivity index (χ1v) is 17.4. The number of urea groups is 1. The third kappa shape index (κ3) is 4.89. The average molecular weight is 658 g/mol. The molecular weight excluding hydrogens is 625 g/mol. The van der Waals surface area contributed by atoms with Crippen molar-refractivity contribution < 1.29 is 32.3 Å². The topological polar surface area (TPSA) is 165 Å². The Bertz CT molecular complexity index is 1770. The lowest BCUT2D eigenvalue weighted by atomic mass is 9.38.